The van der Waals surface area contributed by atoms with E-state index in [1.807, 2.05) is 0 Å². The van der Waals surface area contributed by atoms with Crippen molar-refractivity contribution in [1.29, 1.82) is 0 Å². The molecular weight excluding hydrogens is 487 g/mol. The van der Waals surface area contributed by atoms with E-state index in [1.165, 1.54) is 6.92 Å². The van der Waals surface area contributed by atoms with E-state index in [-0.39, 0.29) is 21.4 Å². The molecule has 1 amide bonds. The molecule has 14 heteroatoms. The van der Waals surface area contributed by atoms with Crippen LogP contribution in [0.2, 0.25) is 10.0 Å². The van der Waals surface area contributed by atoms with Crippen LogP contribution >= 0.6 is 23.2 Å². The molecule has 0 unspecified atom stereocenters. The molecule has 0 aliphatic heterocycles. The first-order valence-corrected chi connectivity index (χ1v) is 10.4. The van der Waals surface area contributed by atoms with Gasteiger partial charge in [-0.3, -0.25) is 4.79 Å². The van der Waals surface area contributed by atoms with Crippen molar-refractivity contribution >= 4 is 39.1 Å². The Morgan fingerprint density at radius 3 is 2.42 bits per heavy atom. The molecule has 1 heterocycles. The summed E-state index contributed by atoms with van der Waals surface area (Å²) in [5, 5.41) is 6.80. The van der Waals surface area contributed by atoms with Gasteiger partial charge in [0.05, 0.1) is 22.0 Å². The standard InChI is InChI=1S/C17H10Cl2F4N4O3S/c1-8-15(16(28)25-31(29,30)14-7-10(18)3-4-12(14)20)24-26-27(8)13-5-2-9(6-11(13)19)17(21,22)23/h2-7H,1H3,(H,25,28). The number of nitrogens with one attached hydrogen (secondary N) is 1. The second kappa shape index (κ2) is 8.09. The summed E-state index contributed by atoms with van der Waals surface area (Å²) in [6, 6.07) is 5.21. The number of rotatable bonds is 4. The predicted molar refractivity (Wildman–Crippen MR) is 102 cm³/mol. The highest BCUT2D eigenvalue weighted by Crippen LogP contribution is 2.33. The molecule has 0 saturated carbocycles. The third-order valence-electron chi connectivity index (χ3n) is 4.02. The topological polar surface area (TPSA) is 93.9 Å². The van der Waals surface area contributed by atoms with Crippen molar-refractivity contribution in [2.45, 2.75) is 18.0 Å². The van der Waals surface area contributed by atoms with Gasteiger partial charge in [-0.25, -0.2) is 22.2 Å². The van der Waals surface area contributed by atoms with E-state index in [1.54, 1.807) is 4.72 Å². The van der Waals surface area contributed by atoms with E-state index < -0.39 is 44.1 Å². The average Bonchev–Trinajstić information content (AvgIpc) is 3.04. The van der Waals surface area contributed by atoms with Crippen LogP contribution in [0.5, 0.6) is 0 Å². The summed E-state index contributed by atoms with van der Waals surface area (Å²) in [6.07, 6.45) is -4.62. The Morgan fingerprint density at radius 2 is 1.81 bits per heavy atom. The molecule has 0 saturated heterocycles. The van der Waals surface area contributed by atoms with Crippen molar-refractivity contribution in [2.24, 2.45) is 0 Å². The minimum absolute atomic E-state index is 0.0255. The monoisotopic (exact) mass is 496 g/mol. The molecule has 1 N–H and O–H groups in total. The molecular formula is C17H10Cl2F4N4O3S. The molecule has 1 aromatic heterocycles. The number of hydrogen-bond donors (Lipinski definition) is 1. The van der Waals surface area contributed by atoms with Crippen molar-refractivity contribution in [3.63, 3.8) is 0 Å². The van der Waals surface area contributed by atoms with Crippen LogP contribution in [0, 0.1) is 12.7 Å². The van der Waals surface area contributed by atoms with E-state index in [0.29, 0.717) is 6.07 Å². The Bertz CT molecular complexity index is 1290. The average molecular weight is 497 g/mol. The lowest BCUT2D eigenvalue weighted by molar-refractivity contribution is -0.137. The summed E-state index contributed by atoms with van der Waals surface area (Å²) in [6.45, 7) is 1.31. The lowest BCUT2D eigenvalue weighted by atomic mass is 10.2. The van der Waals surface area contributed by atoms with Gasteiger partial charge < -0.3 is 0 Å². The maximum absolute atomic E-state index is 13.9. The lowest BCUT2D eigenvalue weighted by Crippen LogP contribution is -2.32. The van der Waals surface area contributed by atoms with Gasteiger partial charge in [-0.15, -0.1) is 5.10 Å². The maximum Gasteiger partial charge on any atom is 0.416 e. The van der Waals surface area contributed by atoms with Crippen molar-refractivity contribution in [1.82, 2.24) is 19.7 Å². The summed E-state index contributed by atoms with van der Waals surface area (Å²) >= 11 is 11.6. The smallest absolute Gasteiger partial charge is 0.266 e. The first kappa shape index (κ1) is 23.0. The van der Waals surface area contributed by atoms with E-state index >= 15 is 0 Å². The number of benzene rings is 2. The van der Waals surface area contributed by atoms with Crippen LogP contribution in [0.1, 0.15) is 21.7 Å². The fraction of sp³-hybridized carbons (Fsp3) is 0.118. The van der Waals surface area contributed by atoms with Gasteiger partial charge >= 0.3 is 6.18 Å². The zero-order chi connectivity index (χ0) is 23.1. The molecule has 2 aromatic carbocycles. The lowest BCUT2D eigenvalue weighted by Gasteiger charge is -2.11. The fourth-order valence-electron chi connectivity index (χ4n) is 2.53. The Kier molecular flexibility index (Phi) is 6.00. The summed E-state index contributed by atoms with van der Waals surface area (Å²) in [7, 11) is -4.65. The number of amides is 1. The van der Waals surface area contributed by atoms with E-state index in [0.717, 1.165) is 35.0 Å². The Hall–Kier alpha value is -2.70. The van der Waals surface area contributed by atoms with Gasteiger partial charge in [0.2, 0.25) is 0 Å². The van der Waals surface area contributed by atoms with Crippen LogP contribution in [-0.2, 0) is 16.2 Å². The minimum atomic E-state index is -4.65. The molecule has 164 valence electrons. The van der Waals surface area contributed by atoms with E-state index in [2.05, 4.69) is 10.3 Å². The van der Waals surface area contributed by atoms with Crippen LogP contribution < -0.4 is 4.72 Å². The summed E-state index contributed by atoms with van der Waals surface area (Å²) in [5.74, 6) is -2.38. The highest BCUT2D eigenvalue weighted by atomic mass is 35.5. The van der Waals surface area contributed by atoms with Crippen LogP contribution in [0.4, 0.5) is 17.6 Å². The summed E-state index contributed by atoms with van der Waals surface area (Å²) < 4.78 is 79.6. The predicted octanol–water partition coefficient (Wildman–Crippen LogP) is 4.16. The van der Waals surface area contributed by atoms with Crippen molar-refractivity contribution in [3.05, 3.63) is 69.2 Å². The highest BCUT2D eigenvalue weighted by Gasteiger charge is 2.31. The normalized spacial score (nSPS) is 12.1. The van der Waals surface area contributed by atoms with Gasteiger partial charge in [-0.05, 0) is 43.3 Å². The number of carbonyl (C=O) groups is 1. The number of halogens is 6. The molecule has 7 nitrogen and oxygen atoms in total. The van der Waals surface area contributed by atoms with Crippen LogP contribution in [0.25, 0.3) is 5.69 Å². The second-order valence-electron chi connectivity index (χ2n) is 6.11. The quantitative estimate of drug-likeness (QED) is 0.547. The molecule has 0 atom stereocenters. The Morgan fingerprint density at radius 1 is 1.13 bits per heavy atom. The number of nitrogens with zero attached hydrogens (tertiary/aromatic N) is 3. The van der Waals surface area contributed by atoms with Crippen LogP contribution in [0.3, 0.4) is 0 Å². The van der Waals surface area contributed by atoms with Crippen molar-refractivity contribution in [3.8, 4) is 5.69 Å². The maximum atomic E-state index is 13.9. The van der Waals surface area contributed by atoms with Crippen molar-refractivity contribution in [2.75, 3.05) is 0 Å². The summed E-state index contributed by atoms with van der Waals surface area (Å²) in [5.41, 5.74) is -1.52. The zero-order valence-electron chi connectivity index (χ0n) is 15.2. The van der Waals surface area contributed by atoms with Gasteiger partial charge in [0.15, 0.2) is 5.69 Å². The first-order chi connectivity index (χ1) is 14.3. The third kappa shape index (κ3) is 4.65. The molecule has 0 aliphatic carbocycles. The third-order valence-corrected chi connectivity index (χ3v) is 5.91. The van der Waals surface area contributed by atoms with Gasteiger partial charge in [0.1, 0.15) is 10.7 Å². The van der Waals surface area contributed by atoms with Gasteiger partial charge in [-0.1, -0.05) is 28.4 Å². The molecule has 0 aliphatic rings. The van der Waals surface area contributed by atoms with E-state index in [4.69, 9.17) is 23.2 Å². The molecule has 0 spiro atoms. The fourth-order valence-corrected chi connectivity index (χ4v) is 4.09. The number of carbonyl (C=O) groups excluding carboxylic acids is 1. The molecule has 0 bridgehead atoms. The number of aromatic nitrogens is 3. The minimum Gasteiger partial charge on any atom is -0.266 e. The van der Waals surface area contributed by atoms with Gasteiger partial charge in [0, 0.05) is 5.02 Å². The molecule has 31 heavy (non-hydrogen) atoms. The van der Waals surface area contributed by atoms with Gasteiger partial charge in [-0.2, -0.15) is 13.2 Å². The van der Waals surface area contributed by atoms with Gasteiger partial charge in [0.25, 0.3) is 15.9 Å². The molecule has 0 radical (unpaired) electrons. The summed E-state index contributed by atoms with van der Waals surface area (Å²) in [4.78, 5) is 11.6. The highest BCUT2D eigenvalue weighted by molar-refractivity contribution is 7.90. The molecule has 0 fully saturated rings. The number of hydrogen-bond acceptors (Lipinski definition) is 5. The molecule has 3 rings (SSSR count). The largest absolute Gasteiger partial charge is 0.416 e. The number of sulfonamides is 1. The Balaban J connectivity index is 1.93. The van der Waals surface area contributed by atoms with E-state index in [9.17, 15) is 30.8 Å². The number of alkyl halides is 3. The Labute approximate surface area is 182 Å². The second-order valence-corrected chi connectivity index (χ2v) is 8.60. The molecule has 3 aromatic rings. The first-order valence-electron chi connectivity index (χ1n) is 8.13. The van der Waals surface area contributed by atoms with Crippen molar-refractivity contribution < 1.29 is 30.8 Å². The van der Waals surface area contributed by atoms with Crippen LogP contribution in [-0.4, -0.2) is 29.3 Å². The van der Waals surface area contributed by atoms with Crippen LogP contribution in [0.15, 0.2) is 41.3 Å². The SMILES string of the molecule is Cc1c(C(=O)NS(=O)(=O)c2cc(Cl)ccc2F)nnn1-c1ccc(C(F)(F)F)cc1Cl. The zero-order valence-corrected chi connectivity index (χ0v) is 17.5.